The van der Waals surface area contributed by atoms with Crippen molar-refractivity contribution in [2.75, 3.05) is 32.7 Å². The number of amides is 1. The van der Waals surface area contributed by atoms with E-state index in [4.69, 9.17) is 5.73 Å². The lowest BCUT2D eigenvalue weighted by Gasteiger charge is -2.35. The van der Waals surface area contributed by atoms with Crippen LogP contribution in [0.15, 0.2) is 0 Å². The molecule has 0 spiro atoms. The smallest absolute Gasteiger partial charge is 0.239 e. The van der Waals surface area contributed by atoms with Crippen LogP contribution < -0.4 is 5.73 Å². The van der Waals surface area contributed by atoms with Gasteiger partial charge in [-0.05, 0) is 38.3 Å². The van der Waals surface area contributed by atoms with Gasteiger partial charge < -0.3 is 15.5 Å². The molecule has 0 unspecified atom stereocenters. The van der Waals surface area contributed by atoms with E-state index >= 15 is 0 Å². The summed E-state index contributed by atoms with van der Waals surface area (Å²) in [4.78, 5) is 16.4. The van der Waals surface area contributed by atoms with Crippen molar-refractivity contribution in [1.29, 1.82) is 0 Å². The van der Waals surface area contributed by atoms with Crippen molar-refractivity contribution in [3.8, 4) is 0 Å². The number of carbonyl (C=O) groups is 1. The summed E-state index contributed by atoms with van der Waals surface area (Å²) in [6.45, 7) is 11.6. The first-order chi connectivity index (χ1) is 8.62. The van der Waals surface area contributed by atoms with Crippen molar-refractivity contribution in [3.05, 3.63) is 0 Å². The average molecular weight is 328 g/mol. The summed E-state index contributed by atoms with van der Waals surface area (Å²) < 4.78 is 0. The maximum Gasteiger partial charge on any atom is 0.239 e. The van der Waals surface area contributed by atoms with Gasteiger partial charge in [0.25, 0.3) is 0 Å². The van der Waals surface area contributed by atoms with E-state index in [1.807, 2.05) is 11.8 Å². The maximum absolute atomic E-state index is 12.0. The standard InChI is InChI=1S/C14H29N3O.2ClH/c1-4-13(15)14(18)17-9-7-12(8-10-17)11-16(5-2)6-3;;/h12-13H,4-11,15H2,1-3H3;2*1H/t13-;;/m0../s1. The summed E-state index contributed by atoms with van der Waals surface area (Å²) in [6.07, 6.45) is 2.98. The molecule has 1 fully saturated rings. The second-order valence-electron chi connectivity index (χ2n) is 5.27. The van der Waals surface area contributed by atoms with Crippen molar-refractivity contribution >= 4 is 30.7 Å². The minimum Gasteiger partial charge on any atom is -0.341 e. The minimum atomic E-state index is -0.302. The molecule has 0 aromatic rings. The third-order valence-corrected chi connectivity index (χ3v) is 4.09. The fourth-order valence-electron chi connectivity index (χ4n) is 2.59. The number of hydrogen-bond donors (Lipinski definition) is 1. The van der Waals surface area contributed by atoms with Crippen molar-refractivity contribution in [2.24, 2.45) is 11.7 Å². The number of nitrogens with two attached hydrogens (primary N) is 1. The van der Waals surface area contributed by atoms with E-state index in [2.05, 4.69) is 18.7 Å². The van der Waals surface area contributed by atoms with Gasteiger partial charge in [0, 0.05) is 19.6 Å². The topological polar surface area (TPSA) is 49.6 Å². The number of piperidine rings is 1. The molecule has 6 heteroatoms. The summed E-state index contributed by atoms with van der Waals surface area (Å²) in [5.74, 6) is 0.880. The van der Waals surface area contributed by atoms with Gasteiger partial charge in [0.1, 0.15) is 0 Å². The molecule has 0 aromatic carbocycles. The van der Waals surface area contributed by atoms with E-state index in [-0.39, 0.29) is 36.8 Å². The summed E-state index contributed by atoms with van der Waals surface area (Å²) in [7, 11) is 0. The van der Waals surface area contributed by atoms with E-state index in [1.165, 1.54) is 6.54 Å². The van der Waals surface area contributed by atoms with Crippen molar-refractivity contribution in [1.82, 2.24) is 9.80 Å². The van der Waals surface area contributed by atoms with E-state index in [0.717, 1.165) is 51.4 Å². The van der Waals surface area contributed by atoms with Crippen molar-refractivity contribution < 1.29 is 4.79 Å². The predicted molar refractivity (Wildman–Crippen MR) is 89.9 cm³/mol. The Kier molecular flexibility index (Phi) is 12.9. The Hall–Kier alpha value is -0.0300. The number of nitrogens with zero attached hydrogens (tertiary/aromatic N) is 2. The number of carbonyl (C=O) groups excluding carboxylic acids is 1. The van der Waals surface area contributed by atoms with Crippen LogP contribution in [0.25, 0.3) is 0 Å². The molecule has 1 amide bonds. The summed E-state index contributed by atoms with van der Waals surface area (Å²) in [6, 6.07) is -0.302. The molecule has 0 aliphatic carbocycles. The first kappa shape index (κ1) is 22.3. The summed E-state index contributed by atoms with van der Waals surface area (Å²) in [5.41, 5.74) is 5.81. The van der Waals surface area contributed by atoms with Crippen molar-refractivity contribution in [2.45, 2.75) is 46.1 Å². The molecule has 1 saturated heterocycles. The van der Waals surface area contributed by atoms with Gasteiger partial charge in [-0.25, -0.2) is 0 Å². The second kappa shape index (κ2) is 11.6. The van der Waals surface area contributed by atoms with Crippen LogP contribution >= 0.6 is 24.8 Å². The van der Waals surface area contributed by atoms with Crippen molar-refractivity contribution in [3.63, 3.8) is 0 Å². The van der Waals surface area contributed by atoms with E-state index in [1.54, 1.807) is 0 Å². The number of likely N-dealkylation sites (tertiary alicyclic amines) is 1. The van der Waals surface area contributed by atoms with Crippen LogP contribution in [0.4, 0.5) is 0 Å². The normalized spacial score (nSPS) is 17.4. The molecular formula is C14H31Cl2N3O. The van der Waals surface area contributed by atoms with E-state index in [0.29, 0.717) is 0 Å². The first-order valence-electron chi connectivity index (χ1n) is 7.39. The van der Waals surface area contributed by atoms with E-state index in [9.17, 15) is 4.79 Å². The van der Waals surface area contributed by atoms with Gasteiger partial charge in [-0.3, -0.25) is 4.79 Å². The van der Waals surface area contributed by atoms with Crippen LogP contribution in [0.3, 0.4) is 0 Å². The Bertz CT molecular complexity index is 255. The highest BCUT2D eigenvalue weighted by Crippen LogP contribution is 2.19. The van der Waals surface area contributed by atoms with Gasteiger partial charge in [0.2, 0.25) is 5.91 Å². The van der Waals surface area contributed by atoms with Gasteiger partial charge in [-0.1, -0.05) is 20.8 Å². The molecule has 1 rings (SSSR count). The Morgan fingerprint density at radius 1 is 1.20 bits per heavy atom. The zero-order chi connectivity index (χ0) is 13.5. The molecule has 20 heavy (non-hydrogen) atoms. The van der Waals surface area contributed by atoms with Crippen LogP contribution in [-0.4, -0.2) is 54.5 Å². The second-order valence-corrected chi connectivity index (χ2v) is 5.27. The molecule has 0 bridgehead atoms. The lowest BCUT2D eigenvalue weighted by Crippen LogP contribution is -2.48. The first-order valence-corrected chi connectivity index (χ1v) is 7.39. The van der Waals surface area contributed by atoms with Crippen LogP contribution in [0.2, 0.25) is 0 Å². The molecule has 1 atom stereocenters. The number of hydrogen-bond acceptors (Lipinski definition) is 3. The van der Waals surface area contributed by atoms with Gasteiger partial charge in [0.05, 0.1) is 6.04 Å². The van der Waals surface area contributed by atoms with Gasteiger partial charge in [-0.15, -0.1) is 24.8 Å². The molecule has 0 radical (unpaired) electrons. The molecule has 122 valence electrons. The largest absolute Gasteiger partial charge is 0.341 e. The fourth-order valence-corrected chi connectivity index (χ4v) is 2.59. The van der Waals surface area contributed by atoms with Crippen LogP contribution in [-0.2, 0) is 4.79 Å². The molecule has 0 saturated carbocycles. The monoisotopic (exact) mass is 327 g/mol. The third kappa shape index (κ3) is 6.61. The third-order valence-electron chi connectivity index (χ3n) is 4.09. The van der Waals surface area contributed by atoms with Gasteiger partial charge >= 0.3 is 0 Å². The number of rotatable bonds is 6. The summed E-state index contributed by atoms with van der Waals surface area (Å²) >= 11 is 0. The fraction of sp³-hybridized carbons (Fsp3) is 0.929. The zero-order valence-corrected chi connectivity index (χ0v) is 14.6. The molecule has 1 aliphatic heterocycles. The van der Waals surface area contributed by atoms with Crippen LogP contribution in [0, 0.1) is 5.92 Å². The Balaban J connectivity index is 0. The minimum absolute atomic E-state index is 0. The number of halogens is 2. The van der Waals surface area contributed by atoms with Crippen LogP contribution in [0.5, 0.6) is 0 Å². The average Bonchev–Trinajstić information content (AvgIpc) is 2.43. The van der Waals surface area contributed by atoms with E-state index < -0.39 is 0 Å². The Morgan fingerprint density at radius 3 is 2.10 bits per heavy atom. The lowest BCUT2D eigenvalue weighted by atomic mass is 9.95. The lowest BCUT2D eigenvalue weighted by molar-refractivity contribution is -0.134. The maximum atomic E-state index is 12.0. The highest BCUT2D eigenvalue weighted by molar-refractivity contribution is 5.85. The predicted octanol–water partition coefficient (Wildman–Crippen LogP) is 2.15. The Morgan fingerprint density at radius 2 is 1.70 bits per heavy atom. The molecule has 2 N–H and O–H groups in total. The van der Waals surface area contributed by atoms with Gasteiger partial charge in [-0.2, -0.15) is 0 Å². The summed E-state index contributed by atoms with van der Waals surface area (Å²) in [5, 5.41) is 0. The highest BCUT2D eigenvalue weighted by atomic mass is 35.5. The highest BCUT2D eigenvalue weighted by Gasteiger charge is 2.25. The molecular weight excluding hydrogens is 297 g/mol. The quantitative estimate of drug-likeness (QED) is 0.813. The Labute approximate surface area is 136 Å². The molecule has 0 aromatic heterocycles. The molecule has 1 aliphatic rings. The van der Waals surface area contributed by atoms with Gasteiger partial charge in [0.15, 0.2) is 0 Å². The van der Waals surface area contributed by atoms with Crippen LogP contribution in [0.1, 0.15) is 40.0 Å². The SMILES string of the molecule is CC[C@H](N)C(=O)N1CCC(CN(CC)CC)CC1.Cl.Cl. The molecule has 1 heterocycles. The zero-order valence-electron chi connectivity index (χ0n) is 13.0. The molecule has 4 nitrogen and oxygen atoms in total.